The Morgan fingerprint density at radius 2 is 2.08 bits per heavy atom. The van der Waals surface area contributed by atoms with Gasteiger partial charge in [-0.15, -0.1) is 5.10 Å². The molecule has 1 amide bonds. The van der Waals surface area contributed by atoms with Gasteiger partial charge in [-0.05, 0) is 46.5 Å². The molecular weight excluding hydrogens is 308 g/mol. The zero-order chi connectivity index (χ0) is 17.3. The highest BCUT2D eigenvalue weighted by atomic mass is 16.5. The molecule has 2 fully saturated rings. The largest absolute Gasteiger partial charge is 0.384 e. The zero-order valence-corrected chi connectivity index (χ0v) is 14.7. The summed E-state index contributed by atoms with van der Waals surface area (Å²) < 4.78 is 7.48. The molecule has 0 spiro atoms. The van der Waals surface area contributed by atoms with Gasteiger partial charge >= 0.3 is 0 Å². The Kier molecular flexibility index (Phi) is 4.92. The van der Waals surface area contributed by atoms with Gasteiger partial charge in [-0.2, -0.15) is 0 Å². The topological polar surface area (TPSA) is 89.3 Å². The van der Waals surface area contributed by atoms with E-state index in [0.717, 1.165) is 38.5 Å². The van der Waals surface area contributed by atoms with E-state index < -0.39 is 5.60 Å². The molecule has 1 saturated heterocycles. The average Bonchev–Trinajstić information content (AvgIpc) is 3.16. The number of amides is 1. The summed E-state index contributed by atoms with van der Waals surface area (Å²) in [6, 6.07) is 0.104. The van der Waals surface area contributed by atoms with E-state index in [2.05, 4.69) is 15.6 Å². The van der Waals surface area contributed by atoms with Crippen molar-refractivity contribution in [3.63, 3.8) is 0 Å². The molecule has 4 atom stereocenters. The van der Waals surface area contributed by atoms with E-state index in [1.54, 1.807) is 24.7 Å². The first kappa shape index (κ1) is 17.4. The number of carbonyl (C=O) groups excluding carboxylic acids is 1. The molecule has 1 aromatic heterocycles. The molecule has 0 bridgehead atoms. The first-order valence-electron chi connectivity index (χ1n) is 8.95. The smallest absolute Gasteiger partial charge is 0.249 e. The summed E-state index contributed by atoms with van der Waals surface area (Å²) in [6.07, 6.45) is 7.42. The predicted octanol–water partition coefficient (Wildman–Crippen LogP) is 1.67. The summed E-state index contributed by atoms with van der Waals surface area (Å²) in [5.41, 5.74) is -0.467. The molecule has 1 aromatic rings. The Hall–Kier alpha value is -1.47. The van der Waals surface area contributed by atoms with Crippen molar-refractivity contribution in [3.05, 3.63) is 11.9 Å². The van der Waals surface area contributed by atoms with Crippen molar-refractivity contribution in [1.82, 2.24) is 20.3 Å². The third kappa shape index (κ3) is 3.78. The van der Waals surface area contributed by atoms with Crippen molar-refractivity contribution in [2.45, 2.75) is 89.2 Å². The van der Waals surface area contributed by atoms with E-state index in [0.29, 0.717) is 5.69 Å². The second-order valence-corrected chi connectivity index (χ2v) is 7.62. The van der Waals surface area contributed by atoms with Gasteiger partial charge < -0.3 is 15.2 Å². The van der Waals surface area contributed by atoms with E-state index in [1.807, 2.05) is 6.92 Å². The van der Waals surface area contributed by atoms with E-state index in [-0.39, 0.29) is 30.2 Å². The van der Waals surface area contributed by atoms with Gasteiger partial charge in [0.25, 0.3) is 0 Å². The van der Waals surface area contributed by atoms with Crippen LogP contribution in [0.15, 0.2) is 6.20 Å². The van der Waals surface area contributed by atoms with Crippen LogP contribution >= 0.6 is 0 Å². The van der Waals surface area contributed by atoms with E-state index in [9.17, 15) is 9.90 Å². The number of nitrogens with one attached hydrogen (secondary N) is 1. The van der Waals surface area contributed by atoms with Crippen LogP contribution in [-0.4, -0.2) is 44.3 Å². The van der Waals surface area contributed by atoms with Crippen molar-refractivity contribution in [2.75, 3.05) is 0 Å². The monoisotopic (exact) mass is 336 g/mol. The summed E-state index contributed by atoms with van der Waals surface area (Å²) in [4.78, 5) is 12.5. The molecule has 1 aliphatic heterocycles. The Labute approximate surface area is 142 Å². The van der Waals surface area contributed by atoms with Crippen LogP contribution in [0.4, 0.5) is 0 Å². The maximum atomic E-state index is 12.5. The normalized spacial score (nSPS) is 31.2. The lowest BCUT2D eigenvalue weighted by Crippen LogP contribution is -2.47. The van der Waals surface area contributed by atoms with Crippen LogP contribution in [0.5, 0.6) is 0 Å². The van der Waals surface area contributed by atoms with Gasteiger partial charge in [-0.3, -0.25) is 4.79 Å². The molecule has 134 valence electrons. The number of rotatable bonds is 4. The van der Waals surface area contributed by atoms with Crippen LogP contribution in [0, 0.1) is 0 Å². The Morgan fingerprint density at radius 1 is 1.33 bits per heavy atom. The summed E-state index contributed by atoms with van der Waals surface area (Å²) in [5.74, 6) is -0.0147. The van der Waals surface area contributed by atoms with Crippen molar-refractivity contribution in [3.8, 4) is 0 Å². The summed E-state index contributed by atoms with van der Waals surface area (Å²) >= 11 is 0. The minimum absolute atomic E-state index is 0.0147. The van der Waals surface area contributed by atoms with Crippen molar-refractivity contribution < 1.29 is 14.6 Å². The fourth-order valence-electron chi connectivity index (χ4n) is 3.59. The lowest BCUT2D eigenvalue weighted by Gasteiger charge is -2.32. The predicted molar refractivity (Wildman–Crippen MR) is 88.3 cm³/mol. The number of ether oxygens (including phenoxy) is 1. The van der Waals surface area contributed by atoms with E-state index >= 15 is 0 Å². The maximum Gasteiger partial charge on any atom is 0.249 e. The molecular formula is C17H28N4O3. The molecule has 3 rings (SSSR count). The van der Waals surface area contributed by atoms with Crippen molar-refractivity contribution >= 4 is 5.91 Å². The van der Waals surface area contributed by atoms with Crippen LogP contribution < -0.4 is 5.32 Å². The molecule has 0 radical (unpaired) electrons. The molecule has 2 heterocycles. The van der Waals surface area contributed by atoms with Gasteiger partial charge in [-0.25, -0.2) is 4.68 Å². The Morgan fingerprint density at radius 3 is 2.71 bits per heavy atom. The van der Waals surface area contributed by atoms with Crippen LogP contribution in [0.25, 0.3) is 0 Å². The van der Waals surface area contributed by atoms with Crippen molar-refractivity contribution in [1.29, 1.82) is 0 Å². The van der Waals surface area contributed by atoms with Gasteiger partial charge in [-0.1, -0.05) is 18.1 Å². The van der Waals surface area contributed by atoms with Gasteiger partial charge in [0.15, 0.2) is 0 Å². The van der Waals surface area contributed by atoms with Gasteiger partial charge in [0.05, 0.1) is 24.4 Å². The van der Waals surface area contributed by atoms with Gasteiger partial charge in [0.1, 0.15) is 17.4 Å². The SMILES string of the molecule is C[C@H]1CC[C@H](C(=O)N[C@H]2CCCC[C@H]2n2cc(C(C)(C)O)nn2)O1. The highest BCUT2D eigenvalue weighted by Crippen LogP contribution is 2.30. The van der Waals surface area contributed by atoms with Gasteiger partial charge in [0, 0.05) is 0 Å². The molecule has 7 heteroatoms. The number of hydrogen-bond acceptors (Lipinski definition) is 5. The average molecular weight is 336 g/mol. The lowest BCUT2D eigenvalue weighted by atomic mass is 9.90. The molecule has 0 aromatic carbocycles. The minimum atomic E-state index is -1.01. The lowest BCUT2D eigenvalue weighted by molar-refractivity contribution is -0.133. The third-order valence-corrected chi connectivity index (χ3v) is 5.06. The number of carbonyl (C=O) groups is 1. The van der Waals surface area contributed by atoms with Crippen LogP contribution in [0.1, 0.15) is 71.0 Å². The molecule has 1 saturated carbocycles. The van der Waals surface area contributed by atoms with E-state index in [1.165, 1.54) is 0 Å². The third-order valence-electron chi connectivity index (χ3n) is 5.06. The molecule has 2 N–H and O–H groups in total. The maximum absolute atomic E-state index is 12.5. The molecule has 2 aliphatic rings. The summed E-state index contributed by atoms with van der Waals surface area (Å²) in [5, 5.41) is 21.5. The van der Waals surface area contributed by atoms with Crippen molar-refractivity contribution in [2.24, 2.45) is 0 Å². The highest BCUT2D eigenvalue weighted by Gasteiger charge is 2.34. The Balaban J connectivity index is 1.69. The van der Waals surface area contributed by atoms with Crippen LogP contribution in [0.3, 0.4) is 0 Å². The molecule has 1 aliphatic carbocycles. The first-order valence-corrected chi connectivity index (χ1v) is 8.95. The number of hydrogen-bond donors (Lipinski definition) is 2. The van der Waals surface area contributed by atoms with E-state index in [4.69, 9.17) is 4.74 Å². The Bertz CT molecular complexity index is 581. The molecule has 0 unspecified atom stereocenters. The molecule has 7 nitrogen and oxygen atoms in total. The molecule has 24 heavy (non-hydrogen) atoms. The van der Waals surface area contributed by atoms with Crippen LogP contribution in [0.2, 0.25) is 0 Å². The highest BCUT2D eigenvalue weighted by molar-refractivity contribution is 5.81. The number of nitrogens with zero attached hydrogens (tertiary/aromatic N) is 3. The number of aliphatic hydroxyl groups is 1. The zero-order valence-electron chi connectivity index (χ0n) is 14.7. The summed E-state index contributed by atoms with van der Waals surface area (Å²) in [7, 11) is 0. The number of aromatic nitrogens is 3. The minimum Gasteiger partial charge on any atom is -0.384 e. The first-order chi connectivity index (χ1) is 11.3. The standard InChI is InChI=1S/C17H28N4O3/c1-11-8-9-14(24-11)16(22)18-12-6-4-5-7-13(12)21-10-15(19-20-21)17(2,3)23/h10-14,23H,4-9H2,1-3H3,(H,18,22)/t11-,12-,13+,14+/m0/s1. The van der Waals surface area contributed by atoms with Gasteiger partial charge in [0.2, 0.25) is 5.91 Å². The van der Waals surface area contributed by atoms with Crippen LogP contribution in [-0.2, 0) is 15.1 Å². The summed E-state index contributed by atoms with van der Waals surface area (Å²) in [6.45, 7) is 5.39. The fraction of sp³-hybridized carbons (Fsp3) is 0.824. The second-order valence-electron chi connectivity index (χ2n) is 7.62. The second kappa shape index (κ2) is 6.80. The fourth-order valence-corrected chi connectivity index (χ4v) is 3.59. The quantitative estimate of drug-likeness (QED) is 0.873.